The number of carbonyl (C=O) groups is 1. The lowest BCUT2D eigenvalue weighted by Crippen LogP contribution is -2.12. The normalized spacial score (nSPS) is 11.4. The molecular weight excluding hydrogens is 498 g/mol. The number of carbonyl (C=O) groups excluding carboxylic acids is 1. The maximum absolute atomic E-state index is 13.2. The number of aryl methyl sites for hydroxylation is 1. The van der Waals surface area contributed by atoms with Crippen molar-refractivity contribution in [3.05, 3.63) is 83.3 Å². The van der Waals surface area contributed by atoms with Gasteiger partial charge in [0.15, 0.2) is 16.5 Å². The highest BCUT2D eigenvalue weighted by Gasteiger charge is 2.19. The van der Waals surface area contributed by atoms with Gasteiger partial charge >= 0.3 is 0 Å². The first kappa shape index (κ1) is 25.1. The Morgan fingerprint density at radius 3 is 2.53 bits per heavy atom. The summed E-state index contributed by atoms with van der Waals surface area (Å²) in [5, 5.41) is 7.50. The molecule has 5 rings (SSSR count). The number of pyridine rings is 1. The van der Waals surface area contributed by atoms with Crippen LogP contribution in [0.25, 0.3) is 11.0 Å². The van der Waals surface area contributed by atoms with Gasteiger partial charge < -0.3 is 15.8 Å². The number of nitrogen functional groups attached to an aromatic ring is 1. The summed E-state index contributed by atoms with van der Waals surface area (Å²) in [5.74, 6) is 1.35. The predicted molar refractivity (Wildman–Crippen MR) is 151 cm³/mol. The lowest BCUT2D eigenvalue weighted by molar-refractivity contribution is 0.102. The Bertz CT molecular complexity index is 1630. The third-order valence-corrected chi connectivity index (χ3v) is 7.04. The Hall–Kier alpha value is -4.57. The summed E-state index contributed by atoms with van der Waals surface area (Å²) in [6, 6.07) is 16.0. The molecule has 5 aromatic rings. The second-order valence-electron chi connectivity index (χ2n) is 9.79. The second kappa shape index (κ2) is 10.1. The summed E-state index contributed by atoms with van der Waals surface area (Å²) >= 11 is 1.46. The van der Waals surface area contributed by atoms with Crippen LogP contribution < -0.4 is 21.1 Å². The van der Waals surface area contributed by atoms with Crippen molar-refractivity contribution in [2.45, 2.75) is 33.1 Å². The average molecular weight is 526 g/mol. The van der Waals surface area contributed by atoms with Crippen LogP contribution in [0.1, 0.15) is 41.7 Å². The van der Waals surface area contributed by atoms with E-state index < -0.39 is 0 Å². The number of ether oxygens (including phenoxy) is 1. The standard InChI is InChI=1S/C28H27N7O2S/c1-16-5-11-20-24(33-16)31-15-32-25(20)34-21-13-17(6-12-22(21)37-19-9-7-18(29)8-10-19)26(36)35-27-30-14-23(38-27)28(2,3)4/h5-15H,29H2,1-4H3,(H,30,35,36)(H,31,32,33,34). The third kappa shape index (κ3) is 5.55. The van der Waals surface area contributed by atoms with E-state index in [9.17, 15) is 4.79 Å². The lowest BCUT2D eigenvalue weighted by Gasteiger charge is -2.15. The summed E-state index contributed by atoms with van der Waals surface area (Å²) in [6.45, 7) is 8.23. The highest BCUT2D eigenvalue weighted by molar-refractivity contribution is 7.15. The van der Waals surface area contributed by atoms with Crippen molar-refractivity contribution in [2.75, 3.05) is 16.4 Å². The molecule has 0 aliphatic rings. The fraction of sp³-hybridized carbons (Fsp3) is 0.179. The number of rotatable bonds is 6. The van der Waals surface area contributed by atoms with Gasteiger partial charge in [-0.25, -0.2) is 19.9 Å². The zero-order valence-corrected chi connectivity index (χ0v) is 22.3. The van der Waals surface area contributed by atoms with Crippen LogP contribution >= 0.6 is 11.3 Å². The van der Waals surface area contributed by atoms with Crippen molar-refractivity contribution in [1.29, 1.82) is 0 Å². The number of aromatic nitrogens is 4. The van der Waals surface area contributed by atoms with E-state index in [0.29, 0.717) is 45.0 Å². The van der Waals surface area contributed by atoms with Crippen LogP contribution in [0.5, 0.6) is 11.5 Å². The van der Waals surface area contributed by atoms with Crippen LogP contribution in [0.2, 0.25) is 0 Å². The number of thiazole rings is 1. The SMILES string of the molecule is Cc1ccc2c(Nc3cc(C(=O)Nc4ncc(C(C)(C)C)s4)ccc3Oc3ccc(N)cc3)ncnc2n1. The molecule has 0 fully saturated rings. The minimum absolute atomic E-state index is 0.0491. The van der Waals surface area contributed by atoms with Crippen LogP contribution in [0.4, 0.5) is 22.3 Å². The van der Waals surface area contributed by atoms with Gasteiger partial charge in [0.1, 0.15) is 17.9 Å². The Balaban J connectivity index is 1.49. The smallest absolute Gasteiger partial charge is 0.257 e. The van der Waals surface area contributed by atoms with E-state index in [1.807, 2.05) is 19.1 Å². The zero-order chi connectivity index (χ0) is 26.9. The number of hydrogen-bond acceptors (Lipinski definition) is 9. The van der Waals surface area contributed by atoms with Crippen molar-refractivity contribution in [1.82, 2.24) is 19.9 Å². The van der Waals surface area contributed by atoms with Gasteiger partial charge in [-0.2, -0.15) is 0 Å². The minimum atomic E-state index is -0.285. The maximum atomic E-state index is 13.2. The first-order valence-corrected chi connectivity index (χ1v) is 12.8. The molecule has 38 heavy (non-hydrogen) atoms. The van der Waals surface area contributed by atoms with Gasteiger partial charge in [-0.3, -0.25) is 10.1 Å². The molecule has 3 heterocycles. The van der Waals surface area contributed by atoms with E-state index in [-0.39, 0.29) is 11.3 Å². The zero-order valence-electron chi connectivity index (χ0n) is 21.4. The summed E-state index contributed by atoms with van der Waals surface area (Å²) in [5.41, 5.74) is 8.80. The van der Waals surface area contributed by atoms with Crippen LogP contribution in [0, 0.1) is 6.92 Å². The minimum Gasteiger partial charge on any atom is -0.455 e. The Labute approximate surface area is 224 Å². The molecule has 0 spiro atoms. The van der Waals surface area contributed by atoms with Gasteiger partial charge in [0, 0.05) is 28.0 Å². The molecule has 0 aliphatic heterocycles. The Kier molecular flexibility index (Phi) is 6.64. The maximum Gasteiger partial charge on any atom is 0.257 e. The molecule has 0 unspecified atom stereocenters. The van der Waals surface area contributed by atoms with E-state index in [1.54, 1.807) is 48.7 Å². The summed E-state index contributed by atoms with van der Waals surface area (Å²) in [4.78, 5) is 31.8. The number of amides is 1. The van der Waals surface area contributed by atoms with Gasteiger partial charge in [0.25, 0.3) is 5.91 Å². The lowest BCUT2D eigenvalue weighted by atomic mass is 9.96. The monoisotopic (exact) mass is 525 g/mol. The van der Waals surface area contributed by atoms with Gasteiger partial charge in [-0.05, 0) is 66.9 Å². The van der Waals surface area contributed by atoms with Crippen molar-refractivity contribution in [2.24, 2.45) is 0 Å². The third-order valence-electron chi connectivity index (χ3n) is 5.70. The number of fused-ring (bicyclic) bond motifs is 1. The summed E-state index contributed by atoms with van der Waals surface area (Å²) in [6.07, 6.45) is 3.25. The number of nitrogens with two attached hydrogens (primary N) is 1. The number of nitrogens with one attached hydrogen (secondary N) is 2. The quantitative estimate of drug-likeness (QED) is 0.216. The van der Waals surface area contributed by atoms with Crippen LogP contribution in [-0.4, -0.2) is 25.8 Å². The summed E-state index contributed by atoms with van der Waals surface area (Å²) < 4.78 is 6.14. The average Bonchev–Trinajstić information content (AvgIpc) is 3.35. The van der Waals surface area contributed by atoms with Crippen molar-refractivity contribution < 1.29 is 9.53 Å². The van der Waals surface area contributed by atoms with Gasteiger partial charge in [0.2, 0.25) is 0 Å². The Morgan fingerprint density at radius 1 is 1.00 bits per heavy atom. The molecule has 0 radical (unpaired) electrons. The van der Waals surface area contributed by atoms with Crippen molar-refractivity contribution >= 4 is 50.6 Å². The molecule has 4 N–H and O–H groups in total. The molecule has 0 saturated carbocycles. The molecule has 192 valence electrons. The molecular formula is C28H27N7O2S. The first-order chi connectivity index (χ1) is 18.2. The second-order valence-corrected chi connectivity index (χ2v) is 10.8. The van der Waals surface area contributed by atoms with Gasteiger partial charge in [-0.1, -0.05) is 20.8 Å². The van der Waals surface area contributed by atoms with Crippen LogP contribution in [0.15, 0.2) is 67.1 Å². The van der Waals surface area contributed by atoms with E-state index >= 15 is 0 Å². The van der Waals surface area contributed by atoms with Crippen LogP contribution in [-0.2, 0) is 5.41 Å². The number of benzene rings is 2. The first-order valence-electron chi connectivity index (χ1n) is 12.0. The topological polar surface area (TPSA) is 128 Å². The van der Waals surface area contributed by atoms with E-state index in [4.69, 9.17) is 10.5 Å². The predicted octanol–water partition coefficient (Wildman–Crippen LogP) is 6.46. The molecule has 1 amide bonds. The largest absolute Gasteiger partial charge is 0.455 e. The fourth-order valence-electron chi connectivity index (χ4n) is 3.63. The highest BCUT2D eigenvalue weighted by atomic mass is 32.1. The van der Waals surface area contributed by atoms with E-state index in [2.05, 4.69) is 51.3 Å². The van der Waals surface area contributed by atoms with Gasteiger partial charge in [0.05, 0.1) is 11.1 Å². The van der Waals surface area contributed by atoms with Gasteiger partial charge in [-0.15, -0.1) is 11.3 Å². The number of hydrogen-bond donors (Lipinski definition) is 3. The molecule has 10 heteroatoms. The molecule has 3 aromatic heterocycles. The Morgan fingerprint density at radius 2 is 1.79 bits per heavy atom. The molecule has 0 bridgehead atoms. The molecule has 9 nitrogen and oxygen atoms in total. The molecule has 0 atom stereocenters. The summed E-state index contributed by atoms with van der Waals surface area (Å²) in [7, 11) is 0. The van der Waals surface area contributed by atoms with Crippen molar-refractivity contribution in [3.8, 4) is 11.5 Å². The number of nitrogens with zero attached hydrogens (tertiary/aromatic N) is 4. The van der Waals surface area contributed by atoms with E-state index in [1.165, 1.54) is 17.7 Å². The number of anilines is 4. The molecule has 0 aliphatic carbocycles. The van der Waals surface area contributed by atoms with Crippen LogP contribution in [0.3, 0.4) is 0 Å². The van der Waals surface area contributed by atoms with E-state index in [0.717, 1.165) is 16.0 Å². The fourth-order valence-corrected chi connectivity index (χ4v) is 4.50. The molecule has 2 aromatic carbocycles. The molecule has 0 saturated heterocycles. The highest BCUT2D eigenvalue weighted by Crippen LogP contribution is 2.35. The van der Waals surface area contributed by atoms with Crippen molar-refractivity contribution in [3.63, 3.8) is 0 Å².